The number of hydrogen-bond acceptors (Lipinski definition) is 7. The standard InChI is InChI=1S/C23H22N2O7/c1-31-20-15-16(12-14-25(29)30)10-11-19(20)32-21(26)9-3-2-6-13-24-22(27)17-7-4-5-8-18(17)23(24)28/h4-5,7-8,10-12,14-15H,2-3,6,9,13H2,1H3/b14-12+. The van der Waals surface area contributed by atoms with E-state index in [1.54, 1.807) is 30.3 Å². The molecule has 0 fully saturated rings. The highest BCUT2D eigenvalue weighted by atomic mass is 16.6. The van der Waals surface area contributed by atoms with Crippen LogP contribution in [-0.2, 0) is 4.79 Å². The molecule has 2 amide bonds. The van der Waals surface area contributed by atoms with E-state index in [2.05, 4.69) is 0 Å². The quantitative estimate of drug-likeness (QED) is 0.139. The third kappa shape index (κ3) is 5.37. The molecular weight excluding hydrogens is 416 g/mol. The summed E-state index contributed by atoms with van der Waals surface area (Å²) in [6.07, 6.45) is 4.04. The van der Waals surface area contributed by atoms with Crippen LogP contribution in [0.2, 0.25) is 0 Å². The Morgan fingerprint density at radius 1 is 1.03 bits per heavy atom. The summed E-state index contributed by atoms with van der Waals surface area (Å²) in [5, 5.41) is 10.4. The number of unbranched alkanes of at least 4 members (excludes halogenated alkanes) is 2. The van der Waals surface area contributed by atoms with Gasteiger partial charge in [0.1, 0.15) is 0 Å². The maximum atomic E-state index is 12.3. The second-order valence-corrected chi connectivity index (χ2v) is 7.10. The van der Waals surface area contributed by atoms with Crippen molar-refractivity contribution >= 4 is 23.9 Å². The van der Waals surface area contributed by atoms with Crippen LogP contribution < -0.4 is 9.47 Å². The fraction of sp³-hybridized carbons (Fsp3) is 0.261. The highest BCUT2D eigenvalue weighted by molar-refractivity contribution is 6.21. The average molecular weight is 438 g/mol. The molecule has 0 N–H and O–H groups in total. The van der Waals surface area contributed by atoms with Gasteiger partial charge in [-0.3, -0.25) is 29.4 Å². The molecule has 0 spiro atoms. The number of ether oxygens (including phenoxy) is 2. The number of amides is 2. The van der Waals surface area contributed by atoms with Crippen molar-refractivity contribution in [3.63, 3.8) is 0 Å². The molecule has 9 heteroatoms. The minimum Gasteiger partial charge on any atom is -0.493 e. The molecule has 0 atom stereocenters. The Morgan fingerprint density at radius 2 is 1.72 bits per heavy atom. The minimum absolute atomic E-state index is 0.161. The predicted molar refractivity (Wildman–Crippen MR) is 115 cm³/mol. The summed E-state index contributed by atoms with van der Waals surface area (Å²) in [6, 6.07) is 11.4. The van der Waals surface area contributed by atoms with Gasteiger partial charge in [0.2, 0.25) is 6.20 Å². The third-order valence-corrected chi connectivity index (χ3v) is 4.94. The van der Waals surface area contributed by atoms with Gasteiger partial charge in [0.15, 0.2) is 11.5 Å². The fourth-order valence-corrected chi connectivity index (χ4v) is 3.35. The second kappa shape index (κ2) is 10.3. The largest absolute Gasteiger partial charge is 0.493 e. The zero-order chi connectivity index (χ0) is 23.1. The number of carbonyl (C=O) groups is 3. The number of methoxy groups -OCH3 is 1. The van der Waals surface area contributed by atoms with Gasteiger partial charge in [-0.2, -0.15) is 0 Å². The first-order valence-electron chi connectivity index (χ1n) is 10.1. The number of nitro groups is 1. The van der Waals surface area contributed by atoms with Crippen molar-refractivity contribution in [2.24, 2.45) is 0 Å². The molecule has 2 aromatic carbocycles. The lowest BCUT2D eigenvalue weighted by atomic mass is 10.1. The third-order valence-electron chi connectivity index (χ3n) is 4.94. The van der Waals surface area contributed by atoms with Crippen LogP contribution in [0, 0.1) is 10.1 Å². The van der Waals surface area contributed by atoms with E-state index in [9.17, 15) is 24.5 Å². The molecule has 32 heavy (non-hydrogen) atoms. The highest BCUT2D eigenvalue weighted by Crippen LogP contribution is 2.29. The zero-order valence-electron chi connectivity index (χ0n) is 17.5. The molecule has 1 aliphatic heterocycles. The Kier molecular flexibility index (Phi) is 7.33. The first-order chi connectivity index (χ1) is 15.4. The van der Waals surface area contributed by atoms with Crippen LogP contribution in [0.25, 0.3) is 6.08 Å². The molecule has 9 nitrogen and oxygen atoms in total. The number of fused-ring (bicyclic) bond motifs is 1. The maximum Gasteiger partial charge on any atom is 0.311 e. The van der Waals surface area contributed by atoms with E-state index in [-0.39, 0.29) is 29.7 Å². The summed E-state index contributed by atoms with van der Waals surface area (Å²) < 4.78 is 10.5. The van der Waals surface area contributed by atoms with Gasteiger partial charge in [0.05, 0.1) is 23.2 Å². The van der Waals surface area contributed by atoms with E-state index in [0.717, 1.165) is 6.20 Å². The van der Waals surface area contributed by atoms with Crippen molar-refractivity contribution in [2.45, 2.75) is 25.7 Å². The Hall–Kier alpha value is -4.01. The van der Waals surface area contributed by atoms with Gasteiger partial charge < -0.3 is 9.47 Å². The molecule has 1 heterocycles. The second-order valence-electron chi connectivity index (χ2n) is 7.10. The van der Waals surface area contributed by atoms with Crippen LogP contribution >= 0.6 is 0 Å². The summed E-state index contributed by atoms with van der Waals surface area (Å²) in [4.78, 5) is 47.9. The number of nitrogens with zero attached hydrogens (tertiary/aromatic N) is 2. The van der Waals surface area contributed by atoms with Crippen LogP contribution in [0.4, 0.5) is 0 Å². The van der Waals surface area contributed by atoms with Gasteiger partial charge in [-0.25, -0.2) is 0 Å². The molecule has 0 saturated carbocycles. The molecule has 1 aliphatic rings. The zero-order valence-corrected chi connectivity index (χ0v) is 17.5. The Labute approximate surface area is 184 Å². The first-order valence-corrected chi connectivity index (χ1v) is 10.1. The summed E-state index contributed by atoms with van der Waals surface area (Å²) in [5.41, 5.74) is 1.39. The molecule has 0 aromatic heterocycles. The first kappa shape index (κ1) is 22.7. The van der Waals surface area contributed by atoms with Crippen molar-refractivity contribution in [2.75, 3.05) is 13.7 Å². The molecule has 166 valence electrons. The molecule has 0 radical (unpaired) electrons. The number of imide groups is 1. The Morgan fingerprint density at radius 3 is 2.34 bits per heavy atom. The number of hydrogen-bond donors (Lipinski definition) is 0. The lowest BCUT2D eigenvalue weighted by molar-refractivity contribution is -0.400. The normalized spacial score (nSPS) is 12.8. The van der Waals surface area contributed by atoms with Gasteiger partial charge >= 0.3 is 5.97 Å². The van der Waals surface area contributed by atoms with Crippen LogP contribution in [0.5, 0.6) is 11.5 Å². The lowest BCUT2D eigenvalue weighted by Crippen LogP contribution is -2.30. The number of esters is 1. The van der Waals surface area contributed by atoms with Crippen LogP contribution in [-0.4, -0.2) is 41.3 Å². The Bertz CT molecular complexity index is 1040. The molecule has 0 unspecified atom stereocenters. The average Bonchev–Trinajstić information content (AvgIpc) is 3.03. The summed E-state index contributed by atoms with van der Waals surface area (Å²) in [7, 11) is 1.41. The smallest absolute Gasteiger partial charge is 0.311 e. The van der Waals surface area contributed by atoms with E-state index >= 15 is 0 Å². The molecular formula is C23H22N2O7. The lowest BCUT2D eigenvalue weighted by Gasteiger charge is -2.13. The molecule has 0 aliphatic carbocycles. The number of rotatable bonds is 10. The molecule has 0 bridgehead atoms. The van der Waals surface area contributed by atoms with Crippen molar-refractivity contribution in [1.82, 2.24) is 4.90 Å². The molecule has 3 rings (SSSR count). The Balaban J connectivity index is 1.44. The van der Waals surface area contributed by atoms with Gasteiger partial charge in [-0.1, -0.05) is 24.6 Å². The van der Waals surface area contributed by atoms with E-state index in [1.165, 1.54) is 30.2 Å². The van der Waals surface area contributed by atoms with E-state index < -0.39 is 10.9 Å². The molecule has 2 aromatic rings. The van der Waals surface area contributed by atoms with Gasteiger partial charge in [-0.15, -0.1) is 0 Å². The van der Waals surface area contributed by atoms with E-state index in [1.807, 2.05) is 0 Å². The van der Waals surface area contributed by atoms with E-state index in [0.29, 0.717) is 42.5 Å². The van der Waals surface area contributed by atoms with Gasteiger partial charge in [-0.05, 0) is 42.7 Å². The number of carbonyl (C=O) groups excluding carboxylic acids is 3. The summed E-state index contributed by atoms with van der Waals surface area (Å²) in [6.45, 7) is 0.300. The van der Waals surface area contributed by atoms with Gasteiger partial charge in [0.25, 0.3) is 11.8 Å². The van der Waals surface area contributed by atoms with E-state index in [4.69, 9.17) is 9.47 Å². The van der Waals surface area contributed by atoms with Crippen molar-refractivity contribution in [3.05, 3.63) is 75.5 Å². The highest BCUT2D eigenvalue weighted by Gasteiger charge is 2.34. The fourth-order valence-electron chi connectivity index (χ4n) is 3.35. The predicted octanol–water partition coefficient (Wildman–Crippen LogP) is 3.70. The van der Waals surface area contributed by atoms with Crippen molar-refractivity contribution in [1.29, 1.82) is 0 Å². The summed E-state index contributed by atoms with van der Waals surface area (Å²) in [5.74, 6) is -0.504. The van der Waals surface area contributed by atoms with Crippen LogP contribution in [0.3, 0.4) is 0 Å². The maximum absolute atomic E-state index is 12.3. The van der Waals surface area contributed by atoms with Crippen LogP contribution in [0.15, 0.2) is 48.7 Å². The summed E-state index contributed by atoms with van der Waals surface area (Å²) >= 11 is 0. The van der Waals surface area contributed by atoms with Crippen LogP contribution in [0.1, 0.15) is 52.0 Å². The topological polar surface area (TPSA) is 116 Å². The monoisotopic (exact) mass is 438 g/mol. The molecule has 0 saturated heterocycles. The minimum atomic E-state index is -0.575. The van der Waals surface area contributed by atoms with Crippen molar-refractivity contribution < 1.29 is 28.8 Å². The number of benzene rings is 2. The van der Waals surface area contributed by atoms with Crippen molar-refractivity contribution in [3.8, 4) is 11.5 Å². The van der Waals surface area contributed by atoms with Gasteiger partial charge in [0, 0.05) is 19.0 Å². The SMILES string of the molecule is COc1cc(/C=C/[N+](=O)[O-])ccc1OC(=O)CCCCCN1C(=O)c2ccccc2C1=O.